The molecule has 1 aromatic heterocycles. The number of ether oxygens (including phenoxy) is 1. The monoisotopic (exact) mass is 202 g/mol. The van der Waals surface area contributed by atoms with Gasteiger partial charge in [-0.25, -0.2) is 0 Å². The molecule has 0 aliphatic carbocycles. The van der Waals surface area contributed by atoms with Gasteiger partial charge in [-0.3, -0.25) is 0 Å². The lowest BCUT2D eigenvalue weighted by Crippen LogP contribution is -1.99. The smallest absolute Gasteiger partial charge is 0.177 e. The maximum atomic E-state index is 5.06. The Bertz CT molecular complexity index is 415. The molecule has 0 saturated carbocycles. The summed E-state index contributed by atoms with van der Waals surface area (Å²) in [5.41, 5.74) is 1.10. The van der Waals surface area contributed by atoms with Crippen LogP contribution in [0.4, 0.5) is 0 Å². The number of hydrogen-bond donors (Lipinski definition) is 0. The molecule has 0 bridgehead atoms. The number of benzene rings is 1. The second-order valence-electron chi connectivity index (χ2n) is 2.99. The maximum absolute atomic E-state index is 5.06. The van der Waals surface area contributed by atoms with Gasteiger partial charge in [0.15, 0.2) is 12.2 Å². The molecule has 2 rings (SSSR count). The zero-order valence-corrected chi connectivity index (χ0v) is 8.29. The molecule has 1 heterocycles. The standard InChI is InChI=1S/C10H10N4O/c1-15-9-4-2-8(3-5-9)6-10-13-11-7-12-14-10/h2-5,7H,6H2,1H3. The van der Waals surface area contributed by atoms with E-state index in [0.29, 0.717) is 12.2 Å². The molecule has 1 aromatic carbocycles. The van der Waals surface area contributed by atoms with Crippen molar-refractivity contribution in [3.8, 4) is 5.75 Å². The van der Waals surface area contributed by atoms with Crippen molar-refractivity contribution in [1.29, 1.82) is 0 Å². The first-order valence-corrected chi connectivity index (χ1v) is 4.50. The Morgan fingerprint density at radius 3 is 2.33 bits per heavy atom. The van der Waals surface area contributed by atoms with Gasteiger partial charge in [0.25, 0.3) is 0 Å². The molecule has 76 valence electrons. The number of methoxy groups -OCH3 is 1. The number of aromatic nitrogens is 4. The quantitative estimate of drug-likeness (QED) is 0.738. The molecule has 0 radical (unpaired) electrons. The molecule has 0 aliphatic heterocycles. The Hall–Kier alpha value is -2.04. The van der Waals surface area contributed by atoms with Gasteiger partial charge in [0.05, 0.1) is 7.11 Å². The van der Waals surface area contributed by atoms with E-state index >= 15 is 0 Å². The third-order valence-electron chi connectivity index (χ3n) is 1.97. The molecule has 2 aromatic rings. The van der Waals surface area contributed by atoms with Gasteiger partial charge in [-0.15, -0.1) is 20.4 Å². The predicted octanol–water partition coefficient (Wildman–Crippen LogP) is 0.866. The van der Waals surface area contributed by atoms with Gasteiger partial charge < -0.3 is 4.74 Å². The van der Waals surface area contributed by atoms with Crippen molar-refractivity contribution in [3.63, 3.8) is 0 Å². The van der Waals surface area contributed by atoms with Crippen LogP contribution in [0.5, 0.6) is 5.75 Å². The fourth-order valence-corrected chi connectivity index (χ4v) is 1.22. The summed E-state index contributed by atoms with van der Waals surface area (Å²) in [6.07, 6.45) is 1.95. The van der Waals surface area contributed by atoms with Gasteiger partial charge in [-0.2, -0.15) is 0 Å². The van der Waals surface area contributed by atoms with E-state index in [0.717, 1.165) is 11.3 Å². The van der Waals surface area contributed by atoms with E-state index in [1.165, 1.54) is 6.33 Å². The zero-order chi connectivity index (χ0) is 10.5. The predicted molar refractivity (Wildman–Crippen MR) is 53.4 cm³/mol. The van der Waals surface area contributed by atoms with Gasteiger partial charge >= 0.3 is 0 Å². The first-order chi connectivity index (χ1) is 7.38. The van der Waals surface area contributed by atoms with Crippen molar-refractivity contribution in [2.75, 3.05) is 7.11 Å². The van der Waals surface area contributed by atoms with Crippen molar-refractivity contribution < 1.29 is 4.74 Å². The minimum Gasteiger partial charge on any atom is -0.497 e. The van der Waals surface area contributed by atoms with Crippen LogP contribution in [0.3, 0.4) is 0 Å². The summed E-state index contributed by atoms with van der Waals surface area (Å²) < 4.78 is 5.06. The Morgan fingerprint density at radius 1 is 1.07 bits per heavy atom. The third kappa shape index (κ3) is 2.46. The van der Waals surface area contributed by atoms with E-state index in [1.807, 2.05) is 24.3 Å². The summed E-state index contributed by atoms with van der Waals surface area (Å²) in [6, 6.07) is 7.74. The summed E-state index contributed by atoms with van der Waals surface area (Å²) in [5, 5.41) is 15.1. The molecular weight excluding hydrogens is 192 g/mol. The fourth-order valence-electron chi connectivity index (χ4n) is 1.22. The normalized spacial score (nSPS) is 9.93. The average molecular weight is 202 g/mol. The summed E-state index contributed by atoms with van der Waals surface area (Å²) >= 11 is 0. The highest BCUT2D eigenvalue weighted by Gasteiger charge is 1.99. The van der Waals surface area contributed by atoms with Crippen LogP contribution in [0.2, 0.25) is 0 Å². The van der Waals surface area contributed by atoms with E-state index in [-0.39, 0.29) is 0 Å². The summed E-state index contributed by atoms with van der Waals surface area (Å²) in [4.78, 5) is 0. The van der Waals surface area contributed by atoms with Crippen LogP contribution in [0.15, 0.2) is 30.6 Å². The van der Waals surface area contributed by atoms with Gasteiger partial charge in [0.1, 0.15) is 5.75 Å². The van der Waals surface area contributed by atoms with E-state index < -0.39 is 0 Å². The van der Waals surface area contributed by atoms with E-state index in [9.17, 15) is 0 Å². The van der Waals surface area contributed by atoms with Crippen LogP contribution < -0.4 is 4.74 Å². The molecule has 0 unspecified atom stereocenters. The Balaban J connectivity index is 2.11. The number of rotatable bonds is 3. The van der Waals surface area contributed by atoms with Crippen LogP contribution in [0, 0.1) is 0 Å². The van der Waals surface area contributed by atoms with Gasteiger partial charge in [0, 0.05) is 6.42 Å². The van der Waals surface area contributed by atoms with Crippen molar-refractivity contribution in [2.24, 2.45) is 0 Å². The van der Waals surface area contributed by atoms with Crippen LogP contribution in [0.1, 0.15) is 11.4 Å². The van der Waals surface area contributed by atoms with Crippen LogP contribution >= 0.6 is 0 Å². The number of hydrogen-bond acceptors (Lipinski definition) is 5. The minimum absolute atomic E-state index is 0.614. The molecule has 0 fully saturated rings. The highest BCUT2D eigenvalue weighted by molar-refractivity contribution is 5.28. The molecule has 5 heteroatoms. The Labute approximate surface area is 87.1 Å². The van der Waals surface area contributed by atoms with Gasteiger partial charge in [-0.05, 0) is 17.7 Å². The third-order valence-corrected chi connectivity index (χ3v) is 1.97. The molecule has 0 amide bonds. The second kappa shape index (κ2) is 4.45. The molecule has 0 N–H and O–H groups in total. The van der Waals surface area contributed by atoms with Crippen molar-refractivity contribution >= 4 is 0 Å². The number of nitrogens with zero attached hydrogens (tertiary/aromatic N) is 4. The first kappa shape index (κ1) is 9.51. The van der Waals surface area contributed by atoms with Gasteiger partial charge in [0.2, 0.25) is 0 Å². The second-order valence-corrected chi connectivity index (χ2v) is 2.99. The molecule has 15 heavy (non-hydrogen) atoms. The van der Waals surface area contributed by atoms with Crippen LogP contribution in [0.25, 0.3) is 0 Å². The molecule has 0 aliphatic rings. The van der Waals surface area contributed by atoms with Crippen molar-refractivity contribution in [2.45, 2.75) is 6.42 Å². The Kier molecular flexibility index (Phi) is 2.82. The minimum atomic E-state index is 0.614. The summed E-state index contributed by atoms with van der Waals surface area (Å²) in [6.45, 7) is 0. The van der Waals surface area contributed by atoms with E-state index in [2.05, 4.69) is 20.4 Å². The Morgan fingerprint density at radius 2 is 1.73 bits per heavy atom. The topological polar surface area (TPSA) is 60.8 Å². The van der Waals surface area contributed by atoms with E-state index in [1.54, 1.807) is 7.11 Å². The van der Waals surface area contributed by atoms with Crippen LogP contribution in [-0.4, -0.2) is 27.5 Å². The summed E-state index contributed by atoms with van der Waals surface area (Å²) in [7, 11) is 1.64. The van der Waals surface area contributed by atoms with Gasteiger partial charge in [-0.1, -0.05) is 12.1 Å². The largest absolute Gasteiger partial charge is 0.497 e. The maximum Gasteiger partial charge on any atom is 0.177 e. The highest BCUT2D eigenvalue weighted by atomic mass is 16.5. The highest BCUT2D eigenvalue weighted by Crippen LogP contribution is 2.12. The SMILES string of the molecule is COc1ccc(Cc2nncnn2)cc1. The summed E-state index contributed by atoms with van der Waals surface area (Å²) in [5.74, 6) is 1.45. The van der Waals surface area contributed by atoms with Crippen molar-refractivity contribution in [1.82, 2.24) is 20.4 Å². The lowest BCUT2D eigenvalue weighted by molar-refractivity contribution is 0.414. The molecule has 0 atom stereocenters. The van der Waals surface area contributed by atoms with Crippen LogP contribution in [-0.2, 0) is 6.42 Å². The fraction of sp³-hybridized carbons (Fsp3) is 0.200. The lowest BCUT2D eigenvalue weighted by Gasteiger charge is -2.01. The molecule has 0 saturated heterocycles. The molecule has 0 spiro atoms. The average Bonchev–Trinajstić information content (AvgIpc) is 2.31. The molecule has 5 nitrogen and oxygen atoms in total. The van der Waals surface area contributed by atoms with E-state index in [4.69, 9.17) is 4.74 Å². The first-order valence-electron chi connectivity index (χ1n) is 4.50. The van der Waals surface area contributed by atoms with Crippen molar-refractivity contribution in [3.05, 3.63) is 42.0 Å². The lowest BCUT2D eigenvalue weighted by atomic mass is 10.1. The molecular formula is C10H10N4O. The zero-order valence-electron chi connectivity index (χ0n) is 8.29.